The van der Waals surface area contributed by atoms with Gasteiger partial charge in [0.05, 0.1) is 6.04 Å². The van der Waals surface area contributed by atoms with Gasteiger partial charge in [0.15, 0.2) is 0 Å². The van der Waals surface area contributed by atoms with E-state index in [1.807, 2.05) is 0 Å². The van der Waals surface area contributed by atoms with Gasteiger partial charge in [-0.2, -0.15) is 8.78 Å². The van der Waals surface area contributed by atoms with Gasteiger partial charge < -0.3 is 10.6 Å². The van der Waals surface area contributed by atoms with Crippen LogP contribution < -0.4 is 10.6 Å². The van der Waals surface area contributed by atoms with Gasteiger partial charge in [-0.15, -0.1) is 0 Å². The van der Waals surface area contributed by atoms with Gasteiger partial charge in [0.1, 0.15) is 0 Å². The van der Waals surface area contributed by atoms with E-state index in [0.29, 0.717) is 0 Å². The smallest absolute Gasteiger partial charge is 0.363 e. The number of carbonyl (C=O) groups is 1. The van der Waals surface area contributed by atoms with Gasteiger partial charge in [-0.3, -0.25) is 4.79 Å². The van der Waals surface area contributed by atoms with Crippen molar-refractivity contribution < 1.29 is 22.0 Å². The van der Waals surface area contributed by atoms with Gasteiger partial charge in [-0.05, 0) is 35.4 Å². The number of anilines is 2. The number of para-hydroxylation sites is 2. The molecule has 5 nitrogen and oxygen atoms in total. The fraction of sp³-hybridized carbons (Fsp3) is 0.0741. The zero-order valence-corrected chi connectivity index (χ0v) is 19.5. The lowest BCUT2D eigenvalue weighted by Gasteiger charge is -2.34. The number of benzene rings is 4. The molecule has 2 N–H and O–H groups in total. The maximum atomic E-state index is 11.6. The van der Waals surface area contributed by atoms with E-state index in [9.17, 15) is 22.0 Å². The minimum atomic E-state index is -4.41. The van der Waals surface area contributed by atoms with Crippen molar-refractivity contribution in [3.8, 4) is 0 Å². The molecule has 4 aromatic carbocycles. The molecule has 0 aliphatic rings. The first-order valence-corrected chi connectivity index (χ1v) is 11.8. The quantitative estimate of drug-likeness (QED) is 0.342. The predicted octanol–water partition coefficient (Wildman–Crippen LogP) is 5.29. The highest BCUT2D eigenvalue weighted by atomic mass is 32.2. The highest BCUT2D eigenvalue weighted by molar-refractivity contribution is 7.74. The molecule has 0 aliphatic carbocycles. The SMILES string of the molecule is NC(=O)C(F)(F)[SH](=O)=O.c1ccc(C(c2ccccc2)N(c2ccccc2)c2ccccc2)cc1. The van der Waals surface area contributed by atoms with Crippen molar-refractivity contribution in [2.45, 2.75) is 11.3 Å². The number of hydrogen-bond acceptors (Lipinski definition) is 4. The van der Waals surface area contributed by atoms with Gasteiger partial charge >= 0.3 is 11.2 Å². The lowest BCUT2D eigenvalue weighted by Crippen LogP contribution is -2.36. The van der Waals surface area contributed by atoms with E-state index < -0.39 is 21.9 Å². The van der Waals surface area contributed by atoms with E-state index in [4.69, 9.17) is 0 Å². The highest BCUT2D eigenvalue weighted by Gasteiger charge is 2.40. The van der Waals surface area contributed by atoms with Gasteiger partial charge in [0, 0.05) is 11.4 Å². The van der Waals surface area contributed by atoms with Crippen LogP contribution in [-0.2, 0) is 15.5 Å². The Hall–Kier alpha value is -4.04. The van der Waals surface area contributed by atoms with Crippen LogP contribution in [-0.4, -0.2) is 19.6 Å². The molecule has 180 valence electrons. The molecule has 0 fully saturated rings. The van der Waals surface area contributed by atoms with Gasteiger partial charge in [0.2, 0.25) is 10.7 Å². The summed E-state index contributed by atoms with van der Waals surface area (Å²) in [5.41, 5.74) is 8.89. The van der Waals surface area contributed by atoms with Crippen LogP contribution in [0.3, 0.4) is 0 Å². The first kappa shape index (κ1) is 25.6. The highest BCUT2D eigenvalue weighted by Crippen LogP contribution is 2.38. The minimum absolute atomic E-state index is 0.0993. The van der Waals surface area contributed by atoms with Crippen LogP contribution in [0.4, 0.5) is 20.2 Å². The largest absolute Gasteiger partial charge is 0.418 e. The monoisotopic (exact) mass is 494 g/mol. The number of alkyl halides is 2. The second-order valence-corrected chi connectivity index (χ2v) is 8.50. The maximum Gasteiger partial charge on any atom is 0.418 e. The number of hydrogen-bond donors (Lipinski definition) is 2. The number of thiol groups is 1. The summed E-state index contributed by atoms with van der Waals surface area (Å²) in [6.07, 6.45) is 0. The van der Waals surface area contributed by atoms with Gasteiger partial charge in [-0.1, -0.05) is 97.1 Å². The Morgan fingerprint density at radius 3 is 1.23 bits per heavy atom. The molecular weight excluding hydrogens is 470 g/mol. The van der Waals surface area contributed by atoms with Crippen LogP contribution in [0.5, 0.6) is 0 Å². The van der Waals surface area contributed by atoms with E-state index in [-0.39, 0.29) is 6.04 Å². The van der Waals surface area contributed by atoms with E-state index >= 15 is 0 Å². The molecule has 0 heterocycles. The molecule has 0 unspecified atom stereocenters. The van der Waals surface area contributed by atoms with Crippen molar-refractivity contribution in [2.75, 3.05) is 4.90 Å². The summed E-state index contributed by atoms with van der Waals surface area (Å²) < 4.78 is 42.1. The van der Waals surface area contributed by atoms with E-state index in [2.05, 4.69) is 132 Å². The second-order valence-electron chi connectivity index (χ2n) is 7.43. The van der Waals surface area contributed by atoms with Crippen molar-refractivity contribution in [1.82, 2.24) is 0 Å². The average Bonchev–Trinajstić information content (AvgIpc) is 2.89. The summed E-state index contributed by atoms with van der Waals surface area (Å²) >= 11 is 0. The summed E-state index contributed by atoms with van der Waals surface area (Å²) in [6.45, 7) is 0. The van der Waals surface area contributed by atoms with E-state index in [0.717, 1.165) is 0 Å². The summed E-state index contributed by atoms with van der Waals surface area (Å²) in [7, 11) is -4.09. The molecule has 0 radical (unpaired) electrons. The molecule has 0 bridgehead atoms. The molecule has 0 saturated carbocycles. The first-order chi connectivity index (χ1) is 16.8. The molecule has 0 aromatic heterocycles. The lowest BCUT2D eigenvalue weighted by molar-refractivity contribution is -0.131. The molecule has 0 aliphatic heterocycles. The fourth-order valence-corrected chi connectivity index (χ4v) is 3.66. The molecule has 0 atom stereocenters. The Balaban J connectivity index is 0.000000327. The minimum Gasteiger partial charge on any atom is -0.363 e. The second kappa shape index (κ2) is 11.9. The fourth-order valence-electron chi connectivity index (χ4n) is 3.48. The molecule has 35 heavy (non-hydrogen) atoms. The van der Waals surface area contributed by atoms with Crippen molar-refractivity contribution in [1.29, 1.82) is 0 Å². The Morgan fingerprint density at radius 1 is 0.657 bits per heavy atom. The summed E-state index contributed by atoms with van der Waals surface area (Å²) in [5.74, 6) is -2.15. The van der Waals surface area contributed by atoms with Crippen LogP contribution in [0.2, 0.25) is 0 Å². The zero-order valence-electron chi connectivity index (χ0n) is 18.6. The van der Waals surface area contributed by atoms with Crippen LogP contribution in [0, 0.1) is 0 Å². The van der Waals surface area contributed by atoms with Gasteiger partial charge in [-0.25, -0.2) is 8.42 Å². The van der Waals surface area contributed by atoms with Crippen molar-refractivity contribution in [2.24, 2.45) is 5.73 Å². The predicted molar refractivity (Wildman–Crippen MR) is 134 cm³/mol. The molecule has 1 amide bonds. The van der Waals surface area contributed by atoms with E-state index in [1.165, 1.54) is 22.5 Å². The number of primary amides is 1. The average molecular weight is 495 g/mol. The van der Waals surface area contributed by atoms with Crippen LogP contribution in [0.25, 0.3) is 0 Å². The number of halogens is 2. The molecule has 8 heteroatoms. The molecular formula is C27H24F2N2O3S. The standard InChI is InChI=1S/C25H21N.C2H3F2NO3S/c1-5-13-21(14-6-1)25(22-15-7-2-8-16-22)26(23-17-9-3-10-18-23)24-19-11-4-12-20-24;3-2(4,1(5)6)9(7)8/h1-20,25H;9H,(H2,5,6). The van der Waals surface area contributed by atoms with Crippen molar-refractivity contribution in [3.63, 3.8) is 0 Å². The lowest BCUT2D eigenvalue weighted by atomic mass is 9.95. The normalized spacial score (nSPS) is 11.0. The van der Waals surface area contributed by atoms with Gasteiger partial charge in [0.25, 0.3) is 0 Å². The van der Waals surface area contributed by atoms with Crippen LogP contribution in [0.15, 0.2) is 121 Å². The number of rotatable bonds is 7. The summed E-state index contributed by atoms with van der Waals surface area (Å²) in [5, 5.41) is -4.41. The molecule has 4 rings (SSSR count). The summed E-state index contributed by atoms with van der Waals surface area (Å²) in [6, 6.07) is 42.7. The molecule has 4 aromatic rings. The van der Waals surface area contributed by atoms with E-state index in [1.54, 1.807) is 0 Å². The van der Waals surface area contributed by atoms with Crippen LogP contribution >= 0.6 is 0 Å². The third-order valence-electron chi connectivity index (χ3n) is 5.08. The Labute approximate surface area is 204 Å². The third kappa shape index (κ3) is 6.51. The first-order valence-electron chi connectivity index (χ1n) is 10.6. The topological polar surface area (TPSA) is 80.5 Å². The Morgan fingerprint density at radius 2 is 0.971 bits per heavy atom. The number of amides is 1. The number of nitrogens with zero attached hydrogens (tertiary/aromatic N) is 1. The van der Waals surface area contributed by atoms with Crippen molar-refractivity contribution >= 4 is 28.0 Å². The van der Waals surface area contributed by atoms with Crippen molar-refractivity contribution in [3.05, 3.63) is 132 Å². The Kier molecular flexibility index (Phi) is 8.69. The van der Waals surface area contributed by atoms with Crippen LogP contribution in [0.1, 0.15) is 17.2 Å². The number of carbonyl (C=O) groups excluding carboxylic acids is 1. The third-order valence-corrected chi connectivity index (χ3v) is 5.76. The maximum absolute atomic E-state index is 11.6. The summed E-state index contributed by atoms with van der Waals surface area (Å²) in [4.78, 5) is 12.0. The zero-order chi connectivity index (χ0) is 25.3. The molecule has 0 spiro atoms. The molecule has 0 saturated heterocycles. The number of nitrogens with two attached hydrogens (primary N) is 1. The Bertz CT molecular complexity index is 1120.